The molecule has 0 bridgehead atoms. The third kappa shape index (κ3) is 3.19. The second kappa shape index (κ2) is 5.50. The molecule has 3 nitrogen and oxygen atoms in total. The fourth-order valence-electron chi connectivity index (χ4n) is 1.70. The first-order chi connectivity index (χ1) is 6.27. The minimum atomic E-state index is 0.113. The number of carbonyl (C=O) groups is 1. The van der Waals surface area contributed by atoms with Crippen LogP contribution in [-0.4, -0.2) is 41.4 Å². The summed E-state index contributed by atoms with van der Waals surface area (Å²) >= 11 is 3.97. The van der Waals surface area contributed by atoms with E-state index in [9.17, 15) is 4.79 Å². The van der Waals surface area contributed by atoms with Gasteiger partial charge < -0.3 is 10.0 Å². The van der Waals surface area contributed by atoms with E-state index in [-0.39, 0.29) is 12.5 Å². The van der Waals surface area contributed by atoms with E-state index in [1.54, 1.807) is 0 Å². The number of amides is 1. The molecule has 0 radical (unpaired) electrons. The lowest BCUT2D eigenvalue weighted by Crippen LogP contribution is -2.32. The lowest BCUT2D eigenvalue weighted by Gasteiger charge is -2.19. The Morgan fingerprint density at radius 3 is 2.85 bits per heavy atom. The fraction of sp³-hybridized carbons (Fsp3) is 0.889. The lowest BCUT2D eigenvalue weighted by molar-refractivity contribution is -0.128. The average Bonchev–Trinajstić information content (AvgIpc) is 2.41. The van der Waals surface area contributed by atoms with E-state index in [0.717, 1.165) is 32.4 Å². The molecule has 0 saturated carbocycles. The molecule has 1 heterocycles. The molecule has 13 heavy (non-hydrogen) atoms. The number of hydrogen-bond donors (Lipinski definition) is 2. The lowest BCUT2D eigenvalue weighted by atomic mass is 10.0. The molecular formula is C9H17NO2S. The van der Waals surface area contributed by atoms with Gasteiger partial charge in [0, 0.05) is 19.7 Å². The Kier molecular flexibility index (Phi) is 4.59. The SMILES string of the molecule is O=C(CS)N1CCCC(CO)CC1. The molecule has 1 atom stereocenters. The molecule has 1 saturated heterocycles. The van der Waals surface area contributed by atoms with Crippen molar-refractivity contribution in [2.24, 2.45) is 5.92 Å². The number of carbonyl (C=O) groups excluding carboxylic acids is 1. The van der Waals surface area contributed by atoms with E-state index < -0.39 is 0 Å². The summed E-state index contributed by atoms with van der Waals surface area (Å²) in [5, 5.41) is 8.98. The Balaban J connectivity index is 2.40. The highest BCUT2D eigenvalue weighted by molar-refractivity contribution is 7.81. The van der Waals surface area contributed by atoms with Crippen LogP contribution in [0, 0.1) is 5.92 Å². The second-order valence-electron chi connectivity index (χ2n) is 3.52. The number of aliphatic hydroxyl groups excluding tert-OH is 1. The van der Waals surface area contributed by atoms with E-state index in [1.165, 1.54) is 0 Å². The molecule has 4 heteroatoms. The summed E-state index contributed by atoms with van der Waals surface area (Å²) in [5.41, 5.74) is 0. The van der Waals surface area contributed by atoms with Crippen LogP contribution in [0.5, 0.6) is 0 Å². The number of aliphatic hydroxyl groups is 1. The third-order valence-corrected chi connectivity index (χ3v) is 2.86. The monoisotopic (exact) mass is 203 g/mol. The molecule has 1 aliphatic heterocycles. The summed E-state index contributed by atoms with van der Waals surface area (Å²) in [6.45, 7) is 1.86. The minimum absolute atomic E-state index is 0.113. The van der Waals surface area contributed by atoms with Gasteiger partial charge in [0.1, 0.15) is 0 Å². The van der Waals surface area contributed by atoms with Gasteiger partial charge in [0.25, 0.3) is 0 Å². The summed E-state index contributed by atoms with van der Waals surface area (Å²) in [5.74, 6) is 0.795. The van der Waals surface area contributed by atoms with Crippen LogP contribution in [0.15, 0.2) is 0 Å². The van der Waals surface area contributed by atoms with Crippen LogP contribution in [0.4, 0.5) is 0 Å². The first-order valence-corrected chi connectivity index (χ1v) is 5.40. The predicted molar refractivity (Wildman–Crippen MR) is 54.9 cm³/mol. The van der Waals surface area contributed by atoms with Crippen molar-refractivity contribution in [2.75, 3.05) is 25.4 Å². The molecule has 0 aromatic heterocycles. The van der Waals surface area contributed by atoms with E-state index in [2.05, 4.69) is 12.6 Å². The Bertz CT molecular complexity index is 175. The maximum Gasteiger partial charge on any atom is 0.232 e. The summed E-state index contributed by atoms with van der Waals surface area (Å²) in [6, 6.07) is 0. The molecule has 76 valence electrons. The van der Waals surface area contributed by atoms with Crippen LogP contribution in [0.2, 0.25) is 0 Å². The van der Waals surface area contributed by atoms with Crippen molar-refractivity contribution in [1.29, 1.82) is 0 Å². The highest BCUT2D eigenvalue weighted by Crippen LogP contribution is 2.16. The maximum atomic E-state index is 11.3. The molecule has 1 N–H and O–H groups in total. The van der Waals surface area contributed by atoms with Gasteiger partial charge in [-0.05, 0) is 25.2 Å². The van der Waals surface area contributed by atoms with Gasteiger partial charge in [-0.1, -0.05) is 0 Å². The summed E-state index contributed by atoms with van der Waals surface area (Å²) in [4.78, 5) is 13.2. The molecule has 0 aromatic carbocycles. The topological polar surface area (TPSA) is 40.5 Å². The van der Waals surface area contributed by atoms with Crippen molar-refractivity contribution in [3.63, 3.8) is 0 Å². The highest BCUT2D eigenvalue weighted by Gasteiger charge is 2.18. The largest absolute Gasteiger partial charge is 0.396 e. The van der Waals surface area contributed by atoms with Gasteiger partial charge >= 0.3 is 0 Å². The van der Waals surface area contributed by atoms with E-state index in [4.69, 9.17) is 5.11 Å². The van der Waals surface area contributed by atoms with Crippen LogP contribution in [-0.2, 0) is 4.79 Å². The van der Waals surface area contributed by atoms with Crippen molar-refractivity contribution in [3.8, 4) is 0 Å². The van der Waals surface area contributed by atoms with Crippen LogP contribution >= 0.6 is 12.6 Å². The molecule has 1 aliphatic rings. The minimum Gasteiger partial charge on any atom is -0.396 e. The quantitative estimate of drug-likeness (QED) is 0.643. The number of thiol groups is 1. The molecule has 0 spiro atoms. The van der Waals surface area contributed by atoms with Crippen molar-refractivity contribution in [2.45, 2.75) is 19.3 Å². The van der Waals surface area contributed by atoms with Gasteiger partial charge in [-0.15, -0.1) is 0 Å². The van der Waals surface area contributed by atoms with Crippen LogP contribution < -0.4 is 0 Å². The summed E-state index contributed by atoms with van der Waals surface area (Å²) in [6.07, 6.45) is 2.97. The molecule has 1 amide bonds. The molecule has 1 fully saturated rings. The van der Waals surface area contributed by atoms with Gasteiger partial charge in [-0.3, -0.25) is 4.79 Å². The van der Waals surface area contributed by atoms with Gasteiger partial charge in [0.2, 0.25) is 5.91 Å². The normalized spacial score (nSPS) is 24.2. The second-order valence-corrected chi connectivity index (χ2v) is 3.83. The summed E-state index contributed by atoms with van der Waals surface area (Å²) in [7, 11) is 0. The Labute approximate surface area is 84.5 Å². The van der Waals surface area contributed by atoms with Gasteiger partial charge in [0.15, 0.2) is 0 Å². The molecule has 0 aliphatic carbocycles. The highest BCUT2D eigenvalue weighted by atomic mass is 32.1. The Morgan fingerprint density at radius 2 is 2.23 bits per heavy atom. The molecule has 1 rings (SSSR count). The first kappa shape index (κ1) is 10.9. The van der Waals surface area contributed by atoms with Gasteiger partial charge in [-0.2, -0.15) is 12.6 Å². The smallest absolute Gasteiger partial charge is 0.232 e. The van der Waals surface area contributed by atoms with Gasteiger partial charge in [-0.25, -0.2) is 0 Å². The standard InChI is InChI=1S/C9H17NO2S/c11-6-8-2-1-4-10(5-3-8)9(12)7-13/h8,11,13H,1-7H2. The maximum absolute atomic E-state index is 11.3. The molecular weight excluding hydrogens is 186 g/mol. The Morgan fingerprint density at radius 1 is 1.46 bits per heavy atom. The number of rotatable bonds is 2. The molecule has 1 unspecified atom stereocenters. The van der Waals surface area contributed by atoms with Crippen molar-refractivity contribution >= 4 is 18.5 Å². The molecule has 0 aromatic rings. The van der Waals surface area contributed by atoms with E-state index >= 15 is 0 Å². The number of hydrogen-bond acceptors (Lipinski definition) is 3. The number of nitrogens with zero attached hydrogens (tertiary/aromatic N) is 1. The van der Waals surface area contributed by atoms with Crippen molar-refractivity contribution in [1.82, 2.24) is 4.90 Å². The summed E-state index contributed by atoms with van der Waals surface area (Å²) < 4.78 is 0. The van der Waals surface area contributed by atoms with Crippen LogP contribution in [0.1, 0.15) is 19.3 Å². The zero-order chi connectivity index (χ0) is 9.68. The average molecular weight is 203 g/mol. The predicted octanol–water partition coefficient (Wildman–Crippen LogP) is 0.537. The first-order valence-electron chi connectivity index (χ1n) is 4.77. The Hall–Kier alpha value is -0.220. The van der Waals surface area contributed by atoms with Crippen molar-refractivity contribution in [3.05, 3.63) is 0 Å². The number of likely N-dealkylation sites (tertiary alicyclic amines) is 1. The van der Waals surface area contributed by atoms with E-state index in [0.29, 0.717) is 11.7 Å². The van der Waals surface area contributed by atoms with Gasteiger partial charge in [0.05, 0.1) is 5.75 Å². The van der Waals surface area contributed by atoms with Crippen LogP contribution in [0.25, 0.3) is 0 Å². The zero-order valence-electron chi connectivity index (χ0n) is 7.78. The van der Waals surface area contributed by atoms with Crippen molar-refractivity contribution < 1.29 is 9.90 Å². The van der Waals surface area contributed by atoms with E-state index in [1.807, 2.05) is 4.90 Å². The third-order valence-electron chi connectivity index (χ3n) is 2.59. The zero-order valence-corrected chi connectivity index (χ0v) is 8.67. The van der Waals surface area contributed by atoms with Crippen LogP contribution in [0.3, 0.4) is 0 Å². The fourth-order valence-corrected chi connectivity index (χ4v) is 1.90.